The molecule has 0 saturated carbocycles. The highest BCUT2D eigenvalue weighted by molar-refractivity contribution is 8.01. The van der Waals surface area contributed by atoms with Gasteiger partial charge in [-0.15, -0.1) is 11.3 Å². The number of hydrogen-bond donors (Lipinski definition) is 1. The second kappa shape index (κ2) is 8.07. The molecule has 4 rings (SSSR count). The zero-order valence-corrected chi connectivity index (χ0v) is 17.1. The molecule has 3 aromatic rings. The molecule has 0 amide bonds. The van der Waals surface area contributed by atoms with Gasteiger partial charge in [0.15, 0.2) is 4.34 Å². The Morgan fingerprint density at radius 2 is 1.79 bits per heavy atom. The Labute approximate surface area is 172 Å². The highest BCUT2D eigenvalue weighted by Gasteiger charge is 2.36. The van der Waals surface area contributed by atoms with E-state index < -0.39 is 5.60 Å². The summed E-state index contributed by atoms with van der Waals surface area (Å²) in [7, 11) is 0. The average molecular weight is 412 g/mol. The van der Waals surface area contributed by atoms with Gasteiger partial charge in [-0.1, -0.05) is 72.4 Å². The van der Waals surface area contributed by atoms with Crippen LogP contribution in [0.1, 0.15) is 19.8 Å². The number of cyclic esters (lactones) is 1. The number of nitrogens with zero attached hydrogens (tertiary/aromatic N) is 1. The normalized spacial score (nSPS) is 22.1. The number of thiazole rings is 1. The third kappa shape index (κ3) is 4.46. The molecule has 0 spiro atoms. The van der Waals surface area contributed by atoms with Crippen LogP contribution < -0.4 is 0 Å². The molecule has 28 heavy (non-hydrogen) atoms. The summed E-state index contributed by atoms with van der Waals surface area (Å²) in [5.41, 5.74) is 2.19. The molecule has 0 radical (unpaired) electrons. The maximum atomic E-state index is 11.7. The number of hydrogen-bond acceptors (Lipinski definition) is 6. The first-order chi connectivity index (χ1) is 13.5. The van der Waals surface area contributed by atoms with Gasteiger partial charge in [0.05, 0.1) is 22.6 Å². The lowest BCUT2D eigenvalue weighted by atomic mass is 9.93. The van der Waals surface area contributed by atoms with Crippen molar-refractivity contribution in [2.24, 2.45) is 0 Å². The topological polar surface area (TPSA) is 59.4 Å². The molecule has 0 bridgehead atoms. The maximum Gasteiger partial charge on any atom is 0.309 e. The number of aliphatic hydroxyl groups is 1. The minimum absolute atomic E-state index is 0.0573. The van der Waals surface area contributed by atoms with Crippen LogP contribution in [0.5, 0.6) is 0 Å². The van der Waals surface area contributed by atoms with Crippen molar-refractivity contribution < 1.29 is 14.6 Å². The number of benzene rings is 2. The van der Waals surface area contributed by atoms with Crippen LogP contribution in [0.15, 0.2) is 65.0 Å². The van der Waals surface area contributed by atoms with Crippen LogP contribution in [0.3, 0.4) is 0 Å². The van der Waals surface area contributed by atoms with Crippen molar-refractivity contribution >= 4 is 29.1 Å². The number of esters is 1. The Bertz CT molecular complexity index is 897. The van der Waals surface area contributed by atoms with E-state index in [1.54, 1.807) is 30.0 Å². The van der Waals surface area contributed by atoms with E-state index in [2.05, 4.69) is 24.3 Å². The van der Waals surface area contributed by atoms with Crippen molar-refractivity contribution in [3.05, 3.63) is 60.7 Å². The van der Waals surface area contributed by atoms with Gasteiger partial charge in [0.1, 0.15) is 6.10 Å². The fraction of sp³-hybridized carbons (Fsp3) is 0.273. The summed E-state index contributed by atoms with van der Waals surface area (Å²) in [5, 5.41) is 10.2. The van der Waals surface area contributed by atoms with Crippen LogP contribution >= 0.6 is 23.1 Å². The predicted molar refractivity (Wildman–Crippen MR) is 113 cm³/mol. The molecule has 144 valence electrons. The lowest BCUT2D eigenvalue weighted by molar-refractivity contribution is -0.165. The summed E-state index contributed by atoms with van der Waals surface area (Å²) in [6.07, 6.45) is 0.209. The van der Waals surface area contributed by atoms with Crippen LogP contribution in [0.4, 0.5) is 0 Å². The molecular weight excluding hydrogens is 390 g/mol. The van der Waals surface area contributed by atoms with Crippen molar-refractivity contribution in [1.82, 2.24) is 4.98 Å². The first-order valence-electron chi connectivity index (χ1n) is 9.16. The Kier molecular flexibility index (Phi) is 5.53. The smallest absolute Gasteiger partial charge is 0.309 e. The second-order valence-electron chi connectivity index (χ2n) is 7.19. The standard InChI is InChI=1S/C22H21NO3S2/c1-22(25)12-17(26-18(24)13-22)14-27-21-23-19(15-8-4-2-5-9-15)20(28-21)16-10-6-3-7-11-16/h2-11,17,25H,12-14H2,1H3/t17-,22+/m0/s1. The highest BCUT2D eigenvalue weighted by Crippen LogP contribution is 2.41. The summed E-state index contributed by atoms with van der Waals surface area (Å²) in [4.78, 5) is 17.7. The van der Waals surface area contributed by atoms with Crippen molar-refractivity contribution in [3.8, 4) is 21.7 Å². The quantitative estimate of drug-likeness (QED) is 0.472. The monoisotopic (exact) mass is 411 g/mol. The number of rotatable bonds is 5. The van der Waals surface area contributed by atoms with Gasteiger partial charge in [0.2, 0.25) is 0 Å². The Hall–Kier alpha value is -2.15. The van der Waals surface area contributed by atoms with Crippen molar-refractivity contribution in [1.29, 1.82) is 0 Å². The summed E-state index contributed by atoms with van der Waals surface area (Å²) in [6, 6.07) is 20.4. The molecule has 1 fully saturated rings. The van der Waals surface area contributed by atoms with Gasteiger partial charge in [-0.25, -0.2) is 4.98 Å². The van der Waals surface area contributed by atoms with Crippen molar-refractivity contribution in [2.75, 3.05) is 5.75 Å². The van der Waals surface area contributed by atoms with Gasteiger partial charge < -0.3 is 9.84 Å². The van der Waals surface area contributed by atoms with Crippen LogP contribution in [0.25, 0.3) is 21.7 Å². The number of carbonyl (C=O) groups excluding carboxylic acids is 1. The number of carbonyl (C=O) groups is 1. The molecule has 1 N–H and O–H groups in total. The Morgan fingerprint density at radius 1 is 1.14 bits per heavy atom. The van der Waals surface area contributed by atoms with Crippen LogP contribution in [0.2, 0.25) is 0 Å². The molecule has 4 nitrogen and oxygen atoms in total. The van der Waals surface area contributed by atoms with E-state index in [0.29, 0.717) is 12.2 Å². The van der Waals surface area contributed by atoms with Crippen LogP contribution in [0, 0.1) is 0 Å². The highest BCUT2D eigenvalue weighted by atomic mass is 32.2. The molecule has 2 aromatic carbocycles. The zero-order chi connectivity index (χ0) is 19.6. The minimum Gasteiger partial charge on any atom is -0.461 e. The van der Waals surface area contributed by atoms with Crippen LogP contribution in [-0.2, 0) is 9.53 Å². The van der Waals surface area contributed by atoms with Gasteiger partial charge in [-0.05, 0) is 12.5 Å². The van der Waals surface area contributed by atoms with Gasteiger partial charge >= 0.3 is 5.97 Å². The van der Waals surface area contributed by atoms with E-state index in [9.17, 15) is 9.90 Å². The van der Waals surface area contributed by atoms with E-state index in [1.165, 1.54) is 0 Å². The van der Waals surface area contributed by atoms with Crippen LogP contribution in [-0.4, -0.2) is 33.5 Å². The van der Waals surface area contributed by atoms with E-state index in [1.807, 2.05) is 36.4 Å². The molecule has 0 unspecified atom stereocenters. The fourth-order valence-electron chi connectivity index (χ4n) is 3.34. The molecular formula is C22H21NO3S2. The van der Waals surface area contributed by atoms with E-state index >= 15 is 0 Å². The molecule has 2 atom stereocenters. The second-order valence-corrected chi connectivity index (χ2v) is 9.46. The van der Waals surface area contributed by atoms with Gasteiger partial charge in [0.25, 0.3) is 0 Å². The molecule has 1 aromatic heterocycles. The maximum absolute atomic E-state index is 11.7. The Balaban J connectivity index is 1.58. The first kappa shape index (κ1) is 19.2. The van der Waals surface area contributed by atoms with Gasteiger partial charge in [-0.3, -0.25) is 4.79 Å². The molecule has 0 aliphatic carbocycles. The summed E-state index contributed by atoms with van der Waals surface area (Å²) in [6.45, 7) is 1.69. The summed E-state index contributed by atoms with van der Waals surface area (Å²) >= 11 is 3.22. The third-order valence-electron chi connectivity index (χ3n) is 4.57. The van der Waals surface area contributed by atoms with Crippen molar-refractivity contribution in [3.63, 3.8) is 0 Å². The van der Waals surface area contributed by atoms with Gasteiger partial charge in [0, 0.05) is 17.7 Å². The van der Waals surface area contributed by atoms with Gasteiger partial charge in [-0.2, -0.15) is 0 Å². The summed E-state index contributed by atoms with van der Waals surface area (Å²) < 4.78 is 6.34. The molecule has 6 heteroatoms. The van der Waals surface area contributed by atoms with E-state index in [-0.39, 0.29) is 18.5 Å². The summed E-state index contributed by atoms with van der Waals surface area (Å²) in [5.74, 6) is 0.244. The predicted octanol–water partition coefficient (Wildman–Crippen LogP) is 5.03. The largest absolute Gasteiger partial charge is 0.461 e. The Morgan fingerprint density at radius 3 is 2.43 bits per heavy atom. The number of ether oxygens (including phenoxy) is 1. The lowest BCUT2D eigenvalue weighted by Gasteiger charge is -2.32. The molecule has 2 heterocycles. The SMILES string of the molecule is C[C@]1(O)CC(=O)O[C@H](CSc2nc(-c3ccccc3)c(-c3ccccc3)s2)C1. The molecule has 1 aliphatic rings. The van der Waals surface area contributed by atoms with Crippen molar-refractivity contribution in [2.45, 2.75) is 35.8 Å². The number of aromatic nitrogens is 1. The zero-order valence-electron chi connectivity index (χ0n) is 15.5. The number of thioether (sulfide) groups is 1. The fourth-order valence-corrected chi connectivity index (χ4v) is 5.52. The van der Waals surface area contributed by atoms with E-state index in [4.69, 9.17) is 9.72 Å². The third-order valence-corrected chi connectivity index (χ3v) is 6.95. The lowest BCUT2D eigenvalue weighted by Crippen LogP contribution is -2.41. The minimum atomic E-state index is -0.992. The molecule has 1 aliphatic heterocycles. The average Bonchev–Trinajstić information content (AvgIpc) is 3.11. The molecule has 1 saturated heterocycles. The first-order valence-corrected chi connectivity index (χ1v) is 11.0. The van der Waals surface area contributed by atoms with E-state index in [0.717, 1.165) is 26.0 Å².